The van der Waals surface area contributed by atoms with Crippen LogP contribution in [0.4, 0.5) is 0 Å². The summed E-state index contributed by atoms with van der Waals surface area (Å²) in [7, 11) is 0. The van der Waals surface area contributed by atoms with Crippen LogP contribution in [-0.2, 0) is 26.2 Å². The first-order chi connectivity index (χ1) is 18.1. The highest BCUT2D eigenvalue weighted by atomic mass is 35.5. The van der Waals surface area contributed by atoms with Gasteiger partial charge in [-0.25, -0.2) is 0 Å². The summed E-state index contributed by atoms with van der Waals surface area (Å²) >= 11 is 6.39. The highest BCUT2D eigenvalue weighted by Crippen LogP contribution is 2.34. The summed E-state index contributed by atoms with van der Waals surface area (Å²) in [6, 6.07) is 22.0. The number of aromatic nitrogens is 1. The van der Waals surface area contributed by atoms with E-state index in [9.17, 15) is 0 Å². The summed E-state index contributed by atoms with van der Waals surface area (Å²) < 4.78 is 2.44. The van der Waals surface area contributed by atoms with Crippen LogP contribution >= 0.6 is 11.6 Å². The zero-order chi connectivity index (χ0) is 25.8. The molecule has 0 aliphatic carbocycles. The smallest absolute Gasteiger partial charge is 0.0486 e. The van der Waals surface area contributed by atoms with Gasteiger partial charge in [-0.05, 0) is 53.8 Å². The van der Waals surface area contributed by atoms with E-state index in [1.54, 1.807) is 0 Å². The number of aryl methyl sites for hydroxylation is 2. The molecule has 4 nitrogen and oxygen atoms in total. The molecule has 194 valence electrons. The molecule has 0 saturated carbocycles. The Morgan fingerprint density at radius 2 is 1.59 bits per heavy atom. The lowest BCUT2D eigenvalue weighted by molar-refractivity contribution is 0.122. The first-order valence-electron chi connectivity index (χ1n) is 13.7. The van der Waals surface area contributed by atoms with Crippen LogP contribution < -0.4 is 5.73 Å². The summed E-state index contributed by atoms with van der Waals surface area (Å²) in [5.74, 6) is 0. The zero-order valence-electron chi connectivity index (χ0n) is 22.2. The third kappa shape index (κ3) is 5.94. The van der Waals surface area contributed by atoms with E-state index in [1.165, 1.54) is 57.1 Å². The Morgan fingerprint density at radius 3 is 2.32 bits per heavy atom. The molecule has 2 N–H and O–H groups in total. The van der Waals surface area contributed by atoms with Gasteiger partial charge in [0.25, 0.3) is 0 Å². The highest BCUT2D eigenvalue weighted by Gasteiger charge is 2.19. The Morgan fingerprint density at radius 1 is 0.838 bits per heavy atom. The van der Waals surface area contributed by atoms with Gasteiger partial charge in [0.05, 0.1) is 0 Å². The van der Waals surface area contributed by atoms with E-state index in [0.29, 0.717) is 6.54 Å². The second kappa shape index (κ2) is 11.8. The maximum atomic E-state index is 6.39. The number of hydrogen-bond donors (Lipinski definition) is 1. The molecule has 5 heteroatoms. The van der Waals surface area contributed by atoms with Gasteiger partial charge in [-0.1, -0.05) is 73.0 Å². The van der Waals surface area contributed by atoms with Crippen LogP contribution in [0.1, 0.15) is 42.0 Å². The van der Waals surface area contributed by atoms with Crippen molar-refractivity contribution in [3.8, 4) is 11.1 Å². The standard InChI is InChI=1S/C32H39ClN4/c1-3-4-13-37-23-30(28-11-9-24(2)18-27(28)20-34)29-19-25(10-12-32(29)37)21-35-14-16-36(17-15-35)22-26-7-5-6-8-31(26)33/h5-12,18-19,23H,3-4,13-17,20-22,34H2,1-2H3. The fourth-order valence-corrected chi connectivity index (χ4v) is 5.75. The van der Waals surface area contributed by atoms with Crippen LogP contribution in [-0.4, -0.2) is 40.5 Å². The van der Waals surface area contributed by atoms with Gasteiger partial charge in [0.1, 0.15) is 0 Å². The van der Waals surface area contributed by atoms with Crippen molar-refractivity contribution in [1.82, 2.24) is 14.4 Å². The molecule has 3 aromatic carbocycles. The van der Waals surface area contributed by atoms with Gasteiger partial charge in [-0.3, -0.25) is 9.80 Å². The maximum Gasteiger partial charge on any atom is 0.0486 e. The highest BCUT2D eigenvalue weighted by molar-refractivity contribution is 6.31. The predicted octanol–water partition coefficient (Wildman–Crippen LogP) is 6.85. The van der Waals surface area contributed by atoms with Crippen molar-refractivity contribution in [3.63, 3.8) is 0 Å². The number of unbranched alkanes of at least 4 members (excludes halogenated alkanes) is 1. The van der Waals surface area contributed by atoms with Crippen LogP contribution in [0.25, 0.3) is 22.0 Å². The number of nitrogens with zero attached hydrogens (tertiary/aromatic N) is 3. The number of piperazine rings is 1. The predicted molar refractivity (Wildman–Crippen MR) is 157 cm³/mol. The Bertz CT molecular complexity index is 1350. The fourth-order valence-electron chi connectivity index (χ4n) is 5.56. The Hall–Kier alpha value is -2.63. The molecular weight excluding hydrogens is 476 g/mol. The number of halogens is 1. The summed E-state index contributed by atoms with van der Waals surface area (Å²) in [6.07, 6.45) is 4.72. The average Bonchev–Trinajstić information content (AvgIpc) is 3.27. The SMILES string of the molecule is CCCCn1cc(-c2ccc(C)cc2CN)c2cc(CN3CCN(Cc4ccccc4Cl)CC3)ccc21. The van der Waals surface area contributed by atoms with E-state index in [-0.39, 0.29) is 0 Å². The summed E-state index contributed by atoms with van der Waals surface area (Å²) in [5.41, 5.74) is 15.1. The summed E-state index contributed by atoms with van der Waals surface area (Å²) in [6.45, 7) is 12.2. The quantitative estimate of drug-likeness (QED) is 0.265. The van der Waals surface area contributed by atoms with Crippen LogP contribution in [0.2, 0.25) is 5.02 Å². The van der Waals surface area contributed by atoms with Gasteiger partial charge >= 0.3 is 0 Å². The first kappa shape index (κ1) is 26.0. The van der Waals surface area contributed by atoms with Crippen molar-refractivity contribution in [1.29, 1.82) is 0 Å². The molecule has 1 saturated heterocycles. The fraction of sp³-hybridized carbons (Fsp3) is 0.375. The molecule has 0 atom stereocenters. The van der Waals surface area contributed by atoms with Crippen molar-refractivity contribution < 1.29 is 0 Å². The minimum atomic E-state index is 0.552. The minimum Gasteiger partial charge on any atom is -0.347 e. The number of hydrogen-bond acceptors (Lipinski definition) is 3. The average molecular weight is 515 g/mol. The van der Waals surface area contributed by atoms with Crippen molar-refractivity contribution in [2.24, 2.45) is 5.73 Å². The van der Waals surface area contributed by atoms with Crippen LogP contribution in [0.3, 0.4) is 0 Å². The monoisotopic (exact) mass is 514 g/mol. The van der Waals surface area contributed by atoms with E-state index < -0.39 is 0 Å². The Kier molecular flexibility index (Phi) is 8.31. The van der Waals surface area contributed by atoms with Crippen molar-refractivity contribution in [3.05, 3.63) is 94.1 Å². The Labute approximate surface area is 226 Å². The largest absolute Gasteiger partial charge is 0.347 e. The van der Waals surface area contributed by atoms with Crippen molar-refractivity contribution in [2.45, 2.75) is 52.9 Å². The second-order valence-electron chi connectivity index (χ2n) is 10.4. The molecule has 0 amide bonds. The zero-order valence-corrected chi connectivity index (χ0v) is 23.0. The van der Waals surface area contributed by atoms with Gasteiger partial charge in [0.2, 0.25) is 0 Å². The third-order valence-corrected chi connectivity index (χ3v) is 8.06. The molecule has 0 bridgehead atoms. The number of nitrogens with two attached hydrogens (primary N) is 1. The molecule has 2 heterocycles. The van der Waals surface area contributed by atoms with E-state index in [4.69, 9.17) is 17.3 Å². The molecule has 37 heavy (non-hydrogen) atoms. The van der Waals surface area contributed by atoms with Crippen molar-refractivity contribution >= 4 is 22.5 Å². The number of fused-ring (bicyclic) bond motifs is 1. The molecule has 1 aromatic heterocycles. The topological polar surface area (TPSA) is 37.4 Å². The lowest BCUT2D eigenvalue weighted by Crippen LogP contribution is -2.45. The van der Waals surface area contributed by atoms with Gasteiger partial charge in [-0.15, -0.1) is 0 Å². The minimum absolute atomic E-state index is 0.552. The molecule has 4 aromatic rings. The van der Waals surface area contributed by atoms with Gasteiger partial charge in [0.15, 0.2) is 0 Å². The van der Waals surface area contributed by atoms with Crippen LogP contribution in [0.5, 0.6) is 0 Å². The molecule has 0 spiro atoms. The molecule has 1 aliphatic heterocycles. The molecule has 0 radical (unpaired) electrons. The van der Waals surface area contributed by atoms with Gasteiger partial charge in [-0.2, -0.15) is 0 Å². The lowest BCUT2D eigenvalue weighted by Gasteiger charge is -2.35. The number of benzene rings is 3. The summed E-state index contributed by atoms with van der Waals surface area (Å²) in [5, 5.41) is 2.20. The number of rotatable bonds is 9. The Balaban J connectivity index is 1.35. The maximum absolute atomic E-state index is 6.39. The van der Waals surface area contributed by atoms with E-state index in [2.05, 4.69) is 82.9 Å². The summed E-state index contributed by atoms with van der Waals surface area (Å²) in [4.78, 5) is 5.09. The van der Waals surface area contributed by atoms with Crippen molar-refractivity contribution in [2.75, 3.05) is 26.2 Å². The lowest BCUT2D eigenvalue weighted by atomic mass is 9.96. The second-order valence-corrected chi connectivity index (χ2v) is 10.9. The normalized spacial score (nSPS) is 15.0. The molecule has 1 aliphatic rings. The van der Waals surface area contributed by atoms with Crippen LogP contribution in [0, 0.1) is 6.92 Å². The van der Waals surface area contributed by atoms with E-state index in [0.717, 1.165) is 50.8 Å². The third-order valence-electron chi connectivity index (χ3n) is 7.69. The molecule has 1 fully saturated rings. The molecule has 0 unspecified atom stereocenters. The first-order valence-corrected chi connectivity index (χ1v) is 14.0. The van der Waals surface area contributed by atoms with E-state index in [1.807, 2.05) is 12.1 Å². The van der Waals surface area contributed by atoms with Crippen LogP contribution in [0.15, 0.2) is 66.9 Å². The van der Waals surface area contributed by atoms with Gasteiger partial charge < -0.3 is 10.3 Å². The van der Waals surface area contributed by atoms with Gasteiger partial charge in [0, 0.05) is 80.0 Å². The molecule has 5 rings (SSSR count). The van der Waals surface area contributed by atoms with E-state index >= 15 is 0 Å². The molecular formula is C32H39ClN4.